The summed E-state index contributed by atoms with van der Waals surface area (Å²) in [5.41, 5.74) is 0. The average molecular weight is 342 g/mol. The van der Waals surface area contributed by atoms with Crippen molar-refractivity contribution < 1.29 is 9.59 Å². The molecule has 0 saturated heterocycles. The summed E-state index contributed by atoms with van der Waals surface area (Å²) in [5.74, 6) is 0.595. The second-order valence-electron chi connectivity index (χ2n) is 5.91. The van der Waals surface area contributed by atoms with Crippen LogP contribution in [0.2, 0.25) is 0 Å². The van der Waals surface area contributed by atoms with Gasteiger partial charge in [0.25, 0.3) is 0 Å². The van der Waals surface area contributed by atoms with E-state index in [2.05, 4.69) is 15.5 Å². The Bertz CT molecular complexity index is 533. The fourth-order valence-electron chi connectivity index (χ4n) is 2.24. The van der Waals surface area contributed by atoms with Crippen LogP contribution in [-0.4, -0.2) is 44.7 Å². The molecular formula is C14H22N4O2S2. The second kappa shape index (κ2) is 7.41. The van der Waals surface area contributed by atoms with Gasteiger partial charge in [-0.1, -0.05) is 23.1 Å². The molecule has 0 bridgehead atoms. The van der Waals surface area contributed by atoms with Gasteiger partial charge in [0, 0.05) is 18.0 Å². The van der Waals surface area contributed by atoms with Crippen LogP contribution in [0.25, 0.3) is 0 Å². The van der Waals surface area contributed by atoms with E-state index in [9.17, 15) is 9.59 Å². The SMILES string of the molecule is CC(C)N(C(=O)CSc1nnc(NC(=O)C2CC2)s1)C(C)C. The van der Waals surface area contributed by atoms with Crippen molar-refractivity contribution in [2.45, 2.75) is 57.0 Å². The Balaban J connectivity index is 1.84. The van der Waals surface area contributed by atoms with Crippen LogP contribution in [0, 0.1) is 5.92 Å². The van der Waals surface area contributed by atoms with E-state index in [0.717, 1.165) is 12.8 Å². The lowest BCUT2D eigenvalue weighted by molar-refractivity contribution is -0.131. The Morgan fingerprint density at radius 3 is 2.45 bits per heavy atom. The third-order valence-electron chi connectivity index (χ3n) is 3.30. The number of carbonyl (C=O) groups is 2. The zero-order valence-electron chi connectivity index (χ0n) is 13.3. The molecular weight excluding hydrogens is 320 g/mol. The van der Waals surface area contributed by atoms with Crippen LogP contribution < -0.4 is 5.32 Å². The molecule has 0 radical (unpaired) electrons. The van der Waals surface area contributed by atoms with Gasteiger partial charge in [0.1, 0.15) is 0 Å². The van der Waals surface area contributed by atoms with E-state index in [1.54, 1.807) is 0 Å². The first-order chi connectivity index (χ1) is 10.4. The molecule has 6 nitrogen and oxygen atoms in total. The summed E-state index contributed by atoms with van der Waals surface area (Å²) in [6.45, 7) is 8.05. The summed E-state index contributed by atoms with van der Waals surface area (Å²) in [7, 11) is 0. The van der Waals surface area contributed by atoms with Crippen molar-refractivity contribution in [3.05, 3.63) is 0 Å². The highest BCUT2D eigenvalue weighted by atomic mass is 32.2. The fraction of sp³-hybridized carbons (Fsp3) is 0.714. The van der Waals surface area contributed by atoms with Gasteiger partial charge in [-0.3, -0.25) is 9.59 Å². The Morgan fingerprint density at radius 1 is 1.27 bits per heavy atom. The lowest BCUT2D eigenvalue weighted by Gasteiger charge is -2.30. The summed E-state index contributed by atoms with van der Waals surface area (Å²) in [4.78, 5) is 25.8. The monoisotopic (exact) mass is 342 g/mol. The highest BCUT2D eigenvalue weighted by molar-refractivity contribution is 8.01. The van der Waals surface area contributed by atoms with Crippen LogP contribution in [0.15, 0.2) is 4.34 Å². The molecule has 22 heavy (non-hydrogen) atoms. The summed E-state index contributed by atoms with van der Waals surface area (Å²) in [5, 5.41) is 11.2. The zero-order valence-corrected chi connectivity index (χ0v) is 15.0. The predicted octanol–water partition coefficient (Wildman–Crippen LogP) is 2.62. The molecule has 2 amide bonds. The van der Waals surface area contributed by atoms with Crippen molar-refractivity contribution in [2.75, 3.05) is 11.1 Å². The van der Waals surface area contributed by atoms with Gasteiger partial charge in [-0.15, -0.1) is 10.2 Å². The minimum absolute atomic E-state index is 0.0227. The third-order valence-corrected chi connectivity index (χ3v) is 5.26. The van der Waals surface area contributed by atoms with E-state index in [1.807, 2.05) is 32.6 Å². The molecule has 0 atom stereocenters. The molecule has 0 spiro atoms. The molecule has 8 heteroatoms. The molecule has 0 aliphatic heterocycles. The zero-order chi connectivity index (χ0) is 16.3. The summed E-state index contributed by atoms with van der Waals surface area (Å²) >= 11 is 2.68. The van der Waals surface area contributed by atoms with Crippen LogP contribution in [-0.2, 0) is 9.59 Å². The number of carbonyl (C=O) groups excluding carboxylic acids is 2. The second-order valence-corrected chi connectivity index (χ2v) is 8.11. The van der Waals surface area contributed by atoms with Gasteiger partial charge in [-0.25, -0.2) is 0 Å². The van der Waals surface area contributed by atoms with Crippen LogP contribution in [0.3, 0.4) is 0 Å². The molecule has 0 unspecified atom stereocenters. The molecule has 1 N–H and O–H groups in total. The number of nitrogens with one attached hydrogen (secondary N) is 1. The summed E-state index contributed by atoms with van der Waals surface area (Å²) < 4.78 is 0.701. The van der Waals surface area contributed by atoms with Crippen LogP contribution in [0.1, 0.15) is 40.5 Å². The van der Waals surface area contributed by atoms with E-state index in [4.69, 9.17) is 0 Å². The number of anilines is 1. The first-order valence-corrected chi connectivity index (χ1v) is 9.27. The highest BCUT2D eigenvalue weighted by Crippen LogP contribution is 2.32. The Kier molecular flexibility index (Phi) is 5.80. The topological polar surface area (TPSA) is 75.2 Å². The van der Waals surface area contributed by atoms with Gasteiger partial charge in [0.15, 0.2) is 4.34 Å². The molecule has 1 aromatic rings. The van der Waals surface area contributed by atoms with E-state index < -0.39 is 0 Å². The number of rotatable bonds is 7. The maximum absolute atomic E-state index is 12.3. The molecule has 0 aromatic carbocycles. The van der Waals surface area contributed by atoms with Crippen molar-refractivity contribution in [2.24, 2.45) is 5.92 Å². The van der Waals surface area contributed by atoms with Gasteiger partial charge in [0.05, 0.1) is 5.75 Å². The number of aromatic nitrogens is 2. The fourth-order valence-corrected chi connectivity index (χ4v) is 3.87. The van der Waals surface area contributed by atoms with Crippen LogP contribution in [0.4, 0.5) is 5.13 Å². The first-order valence-electron chi connectivity index (χ1n) is 7.46. The van der Waals surface area contributed by atoms with Crippen LogP contribution in [0.5, 0.6) is 0 Å². The van der Waals surface area contributed by atoms with Gasteiger partial charge in [-0.05, 0) is 40.5 Å². The quantitative estimate of drug-likeness (QED) is 0.609. The minimum atomic E-state index is 0.0227. The van der Waals surface area contributed by atoms with Gasteiger partial charge in [0.2, 0.25) is 16.9 Å². The van der Waals surface area contributed by atoms with Crippen molar-refractivity contribution >= 4 is 40.0 Å². The van der Waals surface area contributed by atoms with Crippen molar-refractivity contribution in [3.8, 4) is 0 Å². The summed E-state index contributed by atoms with van der Waals surface area (Å²) in [6, 6.07) is 0.354. The Morgan fingerprint density at radius 2 is 1.91 bits per heavy atom. The molecule has 1 aliphatic rings. The minimum Gasteiger partial charge on any atom is -0.337 e. The normalized spacial score (nSPS) is 14.5. The number of hydrogen-bond donors (Lipinski definition) is 1. The first kappa shape index (κ1) is 17.2. The van der Waals surface area contributed by atoms with Crippen LogP contribution >= 0.6 is 23.1 Å². The Labute approximate surface area is 139 Å². The molecule has 1 heterocycles. The number of nitrogens with zero attached hydrogens (tertiary/aromatic N) is 3. The van der Waals surface area contributed by atoms with Gasteiger partial charge in [-0.2, -0.15) is 0 Å². The maximum Gasteiger partial charge on any atom is 0.233 e. The van der Waals surface area contributed by atoms with E-state index in [-0.39, 0.29) is 29.8 Å². The third kappa shape index (κ3) is 4.67. The van der Waals surface area contributed by atoms with Crippen molar-refractivity contribution in [3.63, 3.8) is 0 Å². The van der Waals surface area contributed by atoms with E-state index in [1.165, 1.54) is 23.1 Å². The Hall–Kier alpha value is -1.15. The molecule has 1 aromatic heterocycles. The highest BCUT2D eigenvalue weighted by Gasteiger charge is 2.30. The van der Waals surface area contributed by atoms with Gasteiger partial charge < -0.3 is 10.2 Å². The molecule has 1 saturated carbocycles. The van der Waals surface area contributed by atoms with E-state index in [0.29, 0.717) is 15.2 Å². The van der Waals surface area contributed by atoms with Crippen molar-refractivity contribution in [1.82, 2.24) is 15.1 Å². The largest absolute Gasteiger partial charge is 0.337 e. The molecule has 1 aliphatic carbocycles. The van der Waals surface area contributed by atoms with Gasteiger partial charge >= 0.3 is 0 Å². The molecule has 1 fully saturated rings. The molecule has 122 valence electrons. The smallest absolute Gasteiger partial charge is 0.233 e. The number of hydrogen-bond acceptors (Lipinski definition) is 6. The van der Waals surface area contributed by atoms with Crippen molar-refractivity contribution in [1.29, 1.82) is 0 Å². The van der Waals surface area contributed by atoms with E-state index >= 15 is 0 Å². The summed E-state index contributed by atoms with van der Waals surface area (Å²) in [6.07, 6.45) is 1.92. The number of amides is 2. The maximum atomic E-state index is 12.3. The average Bonchev–Trinajstić information content (AvgIpc) is 3.18. The lowest BCUT2D eigenvalue weighted by Crippen LogP contribution is -2.43. The number of thioether (sulfide) groups is 1. The molecule has 2 rings (SSSR count). The standard InChI is InChI=1S/C14H22N4O2S2/c1-8(2)18(9(3)4)11(19)7-21-14-17-16-13(22-14)15-12(20)10-5-6-10/h8-10H,5-7H2,1-4H3,(H,15,16,20). The predicted molar refractivity (Wildman–Crippen MR) is 89.1 cm³/mol. The lowest BCUT2D eigenvalue weighted by atomic mass is 10.2.